The number of hydrogen-bond donors (Lipinski definition) is 2. The third kappa shape index (κ3) is 2.97. The highest BCUT2D eigenvalue weighted by molar-refractivity contribution is 5.98. The smallest absolute Gasteiger partial charge is 0.339 e. The van der Waals surface area contributed by atoms with Crippen molar-refractivity contribution in [3.63, 3.8) is 0 Å². The number of nitrogens with zero attached hydrogens (tertiary/aromatic N) is 2. The van der Waals surface area contributed by atoms with Gasteiger partial charge in [0.05, 0.1) is 5.52 Å². The Kier molecular flexibility index (Phi) is 3.92. The molecule has 2 aromatic heterocycles. The number of carboxylic acids is 1. The summed E-state index contributed by atoms with van der Waals surface area (Å²) in [4.78, 5) is 16.1. The van der Waals surface area contributed by atoms with Crippen LogP contribution in [0.25, 0.3) is 10.9 Å². The average Bonchev–Trinajstić information content (AvgIpc) is 3.38. The van der Waals surface area contributed by atoms with Gasteiger partial charge in [-0.15, -0.1) is 0 Å². The van der Waals surface area contributed by atoms with Gasteiger partial charge in [-0.05, 0) is 55.0 Å². The molecule has 0 radical (unpaired) electrons. The average molecular weight is 335 g/mol. The van der Waals surface area contributed by atoms with Crippen molar-refractivity contribution < 1.29 is 9.90 Å². The molecular weight excluding hydrogens is 314 g/mol. The van der Waals surface area contributed by atoms with Gasteiger partial charge in [0.25, 0.3) is 0 Å². The van der Waals surface area contributed by atoms with Crippen molar-refractivity contribution in [3.8, 4) is 0 Å². The predicted octanol–water partition coefficient (Wildman–Crippen LogP) is 4.77. The summed E-state index contributed by atoms with van der Waals surface area (Å²) in [6.45, 7) is 3.11. The first-order valence-corrected chi connectivity index (χ1v) is 8.75. The number of nitrogens with one attached hydrogen (secondary N) is 1. The molecule has 25 heavy (non-hydrogen) atoms. The maximum atomic E-state index is 11.7. The second-order valence-corrected chi connectivity index (χ2v) is 6.62. The van der Waals surface area contributed by atoms with Crippen molar-refractivity contribution in [2.45, 2.75) is 38.6 Å². The second-order valence-electron chi connectivity index (χ2n) is 6.62. The van der Waals surface area contributed by atoms with E-state index in [1.807, 2.05) is 12.1 Å². The predicted molar refractivity (Wildman–Crippen MR) is 98.7 cm³/mol. The molecule has 2 heterocycles. The fourth-order valence-corrected chi connectivity index (χ4v) is 3.28. The largest absolute Gasteiger partial charge is 0.478 e. The van der Waals surface area contributed by atoms with Crippen LogP contribution in [-0.4, -0.2) is 20.6 Å². The molecule has 4 rings (SSSR count). The molecule has 0 aliphatic heterocycles. The summed E-state index contributed by atoms with van der Waals surface area (Å²) in [5.41, 5.74) is 3.27. The molecule has 1 saturated carbocycles. The van der Waals surface area contributed by atoms with Gasteiger partial charge in [-0.3, -0.25) is 0 Å². The van der Waals surface area contributed by atoms with Crippen LogP contribution in [0, 0.1) is 0 Å². The van der Waals surface area contributed by atoms with E-state index in [1.54, 1.807) is 12.3 Å². The molecule has 1 aliphatic rings. The van der Waals surface area contributed by atoms with Crippen molar-refractivity contribution in [2.24, 2.45) is 0 Å². The van der Waals surface area contributed by atoms with Crippen LogP contribution >= 0.6 is 0 Å². The van der Waals surface area contributed by atoms with Gasteiger partial charge < -0.3 is 15.0 Å². The van der Waals surface area contributed by atoms with Gasteiger partial charge in [0, 0.05) is 30.0 Å². The molecule has 128 valence electrons. The van der Waals surface area contributed by atoms with E-state index in [4.69, 9.17) is 0 Å². The van der Waals surface area contributed by atoms with Crippen LogP contribution in [-0.2, 0) is 6.54 Å². The van der Waals surface area contributed by atoms with Gasteiger partial charge in [-0.1, -0.05) is 13.0 Å². The van der Waals surface area contributed by atoms with Crippen molar-refractivity contribution in [1.29, 1.82) is 0 Å². The van der Waals surface area contributed by atoms with Crippen molar-refractivity contribution in [2.75, 3.05) is 5.32 Å². The molecule has 3 aromatic rings. The normalized spacial score (nSPS) is 14.0. The van der Waals surface area contributed by atoms with Crippen molar-refractivity contribution >= 4 is 28.4 Å². The fourth-order valence-electron chi connectivity index (χ4n) is 3.28. The number of aromatic nitrogens is 2. The summed E-state index contributed by atoms with van der Waals surface area (Å²) in [5, 5.41) is 13.9. The van der Waals surface area contributed by atoms with Gasteiger partial charge >= 0.3 is 5.97 Å². The first-order chi connectivity index (χ1) is 12.2. The van der Waals surface area contributed by atoms with Gasteiger partial charge in [-0.25, -0.2) is 9.78 Å². The second kappa shape index (κ2) is 6.24. The van der Waals surface area contributed by atoms with Crippen molar-refractivity contribution in [1.82, 2.24) is 9.55 Å². The van der Waals surface area contributed by atoms with E-state index in [1.165, 1.54) is 0 Å². The Bertz CT molecular complexity index is 941. The number of benzene rings is 1. The van der Waals surface area contributed by atoms with E-state index in [9.17, 15) is 9.90 Å². The Balaban J connectivity index is 1.72. The molecule has 0 amide bonds. The lowest BCUT2D eigenvalue weighted by atomic mass is 10.1. The van der Waals surface area contributed by atoms with E-state index >= 15 is 0 Å². The first kappa shape index (κ1) is 15.7. The molecule has 0 bridgehead atoms. The number of pyridine rings is 1. The fraction of sp³-hybridized carbons (Fsp3) is 0.300. The lowest BCUT2D eigenvalue weighted by Gasteiger charge is -2.12. The number of rotatable bonds is 6. The van der Waals surface area contributed by atoms with E-state index < -0.39 is 5.97 Å². The van der Waals surface area contributed by atoms with Crippen LogP contribution in [0.3, 0.4) is 0 Å². The highest BCUT2D eigenvalue weighted by Gasteiger charge is 2.26. The SMILES string of the molecule is CCCn1ccc2c(Nc3ncc(C4CC4)cc3C(=O)O)cccc21. The molecule has 5 heteroatoms. The Morgan fingerprint density at radius 3 is 2.92 bits per heavy atom. The highest BCUT2D eigenvalue weighted by atomic mass is 16.4. The summed E-state index contributed by atoms with van der Waals surface area (Å²) >= 11 is 0. The summed E-state index contributed by atoms with van der Waals surface area (Å²) in [6, 6.07) is 9.85. The number of anilines is 2. The van der Waals surface area contributed by atoms with Crippen LogP contribution in [0.2, 0.25) is 0 Å². The minimum atomic E-state index is -0.951. The molecule has 0 atom stereocenters. The quantitative estimate of drug-likeness (QED) is 0.681. The number of fused-ring (bicyclic) bond motifs is 1. The zero-order valence-electron chi connectivity index (χ0n) is 14.2. The summed E-state index contributed by atoms with van der Waals surface area (Å²) in [5.74, 6) is -0.0768. The molecular formula is C20H21N3O2. The Morgan fingerprint density at radius 2 is 2.20 bits per heavy atom. The molecule has 0 saturated heterocycles. The van der Waals surface area contributed by atoms with Crippen LogP contribution < -0.4 is 5.32 Å². The standard InChI is InChI=1S/C20H21N3O2/c1-2-9-23-10-8-15-17(4-3-5-18(15)23)22-19-16(20(24)25)11-14(12-21-19)13-6-7-13/h3-5,8,10-13H,2,6-7,9H2,1H3,(H,21,22)(H,24,25). The highest BCUT2D eigenvalue weighted by Crippen LogP contribution is 2.40. The lowest BCUT2D eigenvalue weighted by Crippen LogP contribution is -2.06. The number of aromatic carboxylic acids is 1. The monoisotopic (exact) mass is 335 g/mol. The number of carbonyl (C=O) groups is 1. The Labute approximate surface area is 146 Å². The summed E-state index contributed by atoms with van der Waals surface area (Å²) in [6.07, 6.45) is 7.18. The molecule has 2 N–H and O–H groups in total. The molecule has 1 aromatic carbocycles. The molecule has 0 unspecified atom stereocenters. The third-order valence-corrected chi connectivity index (χ3v) is 4.72. The minimum Gasteiger partial charge on any atom is -0.478 e. The zero-order chi connectivity index (χ0) is 17.4. The van der Waals surface area contributed by atoms with Crippen molar-refractivity contribution in [3.05, 3.63) is 53.9 Å². The Morgan fingerprint density at radius 1 is 1.36 bits per heavy atom. The maximum Gasteiger partial charge on any atom is 0.339 e. The minimum absolute atomic E-state index is 0.231. The van der Waals surface area contributed by atoms with Gasteiger partial charge in [0.15, 0.2) is 0 Å². The Hall–Kier alpha value is -2.82. The van der Waals surface area contributed by atoms with E-state index in [0.717, 1.165) is 48.0 Å². The van der Waals surface area contributed by atoms with Crippen LogP contribution in [0.5, 0.6) is 0 Å². The maximum absolute atomic E-state index is 11.7. The van der Waals surface area contributed by atoms with E-state index in [2.05, 4.69) is 40.1 Å². The molecule has 5 nitrogen and oxygen atoms in total. The molecule has 1 fully saturated rings. The van der Waals surface area contributed by atoms with E-state index in [0.29, 0.717) is 11.7 Å². The molecule has 1 aliphatic carbocycles. The van der Waals surface area contributed by atoms with Crippen LogP contribution in [0.1, 0.15) is 48.0 Å². The summed E-state index contributed by atoms with van der Waals surface area (Å²) < 4.78 is 2.21. The van der Waals surface area contributed by atoms with Gasteiger partial charge in [0.1, 0.15) is 11.4 Å². The molecule has 0 spiro atoms. The summed E-state index contributed by atoms with van der Waals surface area (Å²) in [7, 11) is 0. The van der Waals surface area contributed by atoms with Crippen LogP contribution in [0.4, 0.5) is 11.5 Å². The number of hydrogen-bond acceptors (Lipinski definition) is 3. The number of carboxylic acid groups (broad SMARTS) is 1. The first-order valence-electron chi connectivity index (χ1n) is 8.75. The number of aryl methyl sites for hydroxylation is 1. The topological polar surface area (TPSA) is 67.2 Å². The third-order valence-electron chi connectivity index (χ3n) is 4.72. The lowest BCUT2D eigenvalue weighted by molar-refractivity contribution is 0.0697. The van der Waals surface area contributed by atoms with Crippen LogP contribution in [0.15, 0.2) is 42.7 Å². The van der Waals surface area contributed by atoms with Gasteiger partial charge in [-0.2, -0.15) is 0 Å². The zero-order valence-corrected chi connectivity index (χ0v) is 14.2. The van der Waals surface area contributed by atoms with E-state index in [-0.39, 0.29) is 5.56 Å². The van der Waals surface area contributed by atoms with Gasteiger partial charge in [0.2, 0.25) is 0 Å².